The Bertz CT molecular complexity index is 264. The summed E-state index contributed by atoms with van der Waals surface area (Å²) in [6.45, 7) is 6.39. The Hall–Kier alpha value is -0.240. The first-order valence-corrected chi connectivity index (χ1v) is 7.79. The number of aliphatic hydroxyl groups is 2. The second-order valence-corrected chi connectivity index (χ2v) is 5.85. The van der Waals surface area contributed by atoms with Crippen LogP contribution in [0, 0.1) is 12.3 Å². The normalized spacial score (nSPS) is 29.4. The van der Waals surface area contributed by atoms with E-state index >= 15 is 0 Å². The number of aliphatic hydroxyl groups excluding tert-OH is 1. The molecule has 0 saturated carbocycles. The smallest absolute Gasteiger partial charge is 0.0857 e. The fourth-order valence-corrected chi connectivity index (χ4v) is 3.14. The van der Waals surface area contributed by atoms with Crippen LogP contribution in [0.5, 0.6) is 0 Å². The molecule has 0 aromatic carbocycles. The van der Waals surface area contributed by atoms with Gasteiger partial charge in [-0.15, -0.1) is 0 Å². The fraction of sp³-hybridized carbons (Fsp3) is 0.929. The molecule has 0 aromatic heterocycles. The molecule has 2 heterocycles. The van der Waals surface area contributed by atoms with Gasteiger partial charge >= 0.3 is 0 Å². The molecule has 2 aliphatic rings. The van der Waals surface area contributed by atoms with Gasteiger partial charge in [0.25, 0.3) is 0 Å². The number of hydrogen-bond acceptors (Lipinski definition) is 6. The van der Waals surface area contributed by atoms with Crippen molar-refractivity contribution in [3.05, 3.63) is 6.42 Å². The number of hydrogen-bond donors (Lipinski definition) is 6. The molecular formula is C14H29N4O2. The van der Waals surface area contributed by atoms with Crippen LogP contribution in [-0.2, 0) is 0 Å². The SMILES string of the molecule is OCCC(O)([CH]C1CNCCNC1)C1CCNCCN1. The molecule has 2 fully saturated rings. The van der Waals surface area contributed by atoms with Gasteiger partial charge in [-0.25, -0.2) is 0 Å². The molecule has 2 rings (SSSR count). The van der Waals surface area contributed by atoms with Gasteiger partial charge in [-0.3, -0.25) is 0 Å². The van der Waals surface area contributed by atoms with E-state index in [1.807, 2.05) is 6.42 Å². The topological polar surface area (TPSA) is 88.6 Å². The lowest BCUT2D eigenvalue weighted by atomic mass is 9.80. The molecule has 0 amide bonds. The van der Waals surface area contributed by atoms with Gasteiger partial charge in [0.2, 0.25) is 0 Å². The second-order valence-electron chi connectivity index (χ2n) is 5.85. The van der Waals surface area contributed by atoms with Crippen LogP contribution in [0.2, 0.25) is 0 Å². The average Bonchev–Trinajstić information content (AvgIpc) is 2.83. The molecule has 2 aliphatic heterocycles. The van der Waals surface area contributed by atoms with Gasteiger partial charge in [0, 0.05) is 51.7 Å². The zero-order valence-corrected chi connectivity index (χ0v) is 12.2. The fourth-order valence-electron chi connectivity index (χ4n) is 3.14. The highest BCUT2D eigenvalue weighted by Gasteiger charge is 2.38. The van der Waals surface area contributed by atoms with Gasteiger partial charge in [-0.1, -0.05) is 0 Å². The zero-order chi connectivity index (χ0) is 14.3. The molecular weight excluding hydrogens is 256 g/mol. The van der Waals surface area contributed by atoms with Crippen molar-refractivity contribution in [2.24, 2.45) is 5.92 Å². The molecule has 6 nitrogen and oxygen atoms in total. The molecule has 0 spiro atoms. The largest absolute Gasteiger partial charge is 0.396 e. The summed E-state index contributed by atoms with van der Waals surface area (Å²) in [4.78, 5) is 0. The molecule has 2 atom stereocenters. The monoisotopic (exact) mass is 285 g/mol. The first kappa shape index (κ1) is 16.1. The molecule has 0 aliphatic carbocycles. The van der Waals surface area contributed by atoms with Crippen molar-refractivity contribution >= 4 is 0 Å². The summed E-state index contributed by atoms with van der Waals surface area (Å²) in [7, 11) is 0. The molecule has 1 radical (unpaired) electrons. The Morgan fingerprint density at radius 2 is 1.70 bits per heavy atom. The Morgan fingerprint density at radius 1 is 1.00 bits per heavy atom. The maximum absolute atomic E-state index is 11.0. The lowest BCUT2D eigenvalue weighted by Gasteiger charge is -2.38. The summed E-state index contributed by atoms with van der Waals surface area (Å²) < 4.78 is 0. The summed E-state index contributed by atoms with van der Waals surface area (Å²) in [5.41, 5.74) is -0.945. The summed E-state index contributed by atoms with van der Waals surface area (Å²) in [5.74, 6) is 0.284. The van der Waals surface area contributed by atoms with Gasteiger partial charge in [-0.2, -0.15) is 0 Å². The molecule has 2 saturated heterocycles. The van der Waals surface area contributed by atoms with Crippen LogP contribution in [0.25, 0.3) is 0 Å². The Kier molecular flexibility index (Phi) is 6.67. The minimum atomic E-state index is -0.945. The third-order valence-corrected chi connectivity index (χ3v) is 4.23. The minimum absolute atomic E-state index is 0.00614. The van der Waals surface area contributed by atoms with Crippen LogP contribution in [0.3, 0.4) is 0 Å². The lowest BCUT2D eigenvalue weighted by molar-refractivity contribution is 0.00115. The first-order valence-electron chi connectivity index (χ1n) is 7.79. The van der Waals surface area contributed by atoms with E-state index in [2.05, 4.69) is 21.3 Å². The standard InChI is InChI=1S/C14H29N4O2/c19-8-2-14(20,13-1-3-15-6-7-18-13)9-12-10-16-4-5-17-11-12/h9,12-13,15-20H,1-8,10-11H2. The highest BCUT2D eigenvalue weighted by Crippen LogP contribution is 2.26. The van der Waals surface area contributed by atoms with E-state index in [9.17, 15) is 10.2 Å². The molecule has 117 valence electrons. The molecule has 6 N–H and O–H groups in total. The lowest BCUT2D eigenvalue weighted by Crippen LogP contribution is -2.54. The third-order valence-electron chi connectivity index (χ3n) is 4.23. The van der Waals surface area contributed by atoms with Crippen LogP contribution in [0.4, 0.5) is 0 Å². The average molecular weight is 285 g/mol. The molecule has 6 heteroatoms. The van der Waals surface area contributed by atoms with Crippen LogP contribution in [-0.4, -0.2) is 74.3 Å². The molecule has 20 heavy (non-hydrogen) atoms. The van der Waals surface area contributed by atoms with E-state index in [0.29, 0.717) is 6.42 Å². The Labute approximate surface area is 121 Å². The van der Waals surface area contributed by atoms with Crippen LogP contribution < -0.4 is 21.3 Å². The van der Waals surface area contributed by atoms with Gasteiger partial charge in [0.15, 0.2) is 0 Å². The van der Waals surface area contributed by atoms with E-state index in [4.69, 9.17) is 0 Å². The van der Waals surface area contributed by atoms with Crippen molar-refractivity contribution in [3.8, 4) is 0 Å². The van der Waals surface area contributed by atoms with Crippen LogP contribution >= 0.6 is 0 Å². The summed E-state index contributed by atoms with van der Waals surface area (Å²) in [5, 5.41) is 33.9. The van der Waals surface area contributed by atoms with Gasteiger partial charge < -0.3 is 31.5 Å². The highest BCUT2D eigenvalue weighted by molar-refractivity contribution is 5.06. The zero-order valence-electron chi connectivity index (χ0n) is 12.2. The van der Waals surface area contributed by atoms with Crippen LogP contribution in [0.15, 0.2) is 0 Å². The Morgan fingerprint density at radius 3 is 2.40 bits per heavy atom. The van der Waals surface area contributed by atoms with Gasteiger partial charge in [0.05, 0.1) is 5.60 Å². The van der Waals surface area contributed by atoms with Crippen molar-refractivity contribution in [2.45, 2.75) is 24.5 Å². The van der Waals surface area contributed by atoms with Crippen LogP contribution in [0.1, 0.15) is 12.8 Å². The molecule has 0 aromatic rings. The second kappa shape index (κ2) is 8.26. The molecule has 0 bridgehead atoms. The maximum atomic E-state index is 11.0. The molecule has 2 unspecified atom stereocenters. The summed E-state index contributed by atoms with van der Waals surface area (Å²) in [6.07, 6.45) is 3.30. The highest BCUT2D eigenvalue weighted by atomic mass is 16.3. The number of nitrogens with one attached hydrogen (secondary N) is 4. The maximum Gasteiger partial charge on any atom is 0.0857 e. The number of rotatable bonds is 5. The van der Waals surface area contributed by atoms with E-state index in [1.54, 1.807) is 0 Å². The summed E-state index contributed by atoms with van der Waals surface area (Å²) >= 11 is 0. The third kappa shape index (κ3) is 4.65. The van der Waals surface area contributed by atoms with Crippen molar-refractivity contribution < 1.29 is 10.2 Å². The van der Waals surface area contributed by atoms with E-state index < -0.39 is 5.60 Å². The van der Waals surface area contributed by atoms with Crippen molar-refractivity contribution in [1.82, 2.24) is 21.3 Å². The quantitative estimate of drug-likeness (QED) is 0.353. The first-order chi connectivity index (χ1) is 9.74. The van der Waals surface area contributed by atoms with Crippen molar-refractivity contribution in [1.29, 1.82) is 0 Å². The van der Waals surface area contributed by atoms with E-state index in [1.165, 1.54) is 0 Å². The summed E-state index contributed by atoms with van der Waals surface area (Å²) in [6, 6.07) is 0.00732. The predicted molar refractivity (Wildman–Crippen MR) is 79.5 cm³/mol. The van der Waals surface area contributed by atoms with E-state index in [0.717, 1.165) is 52.2 Å². The van der Waals surface area contributed by atoms with Crippen molar-refractivity contribution in [3.63, 3.8) is 0 Å². The minimum Gasteiger partial charge on any atom is -0.396 e. The predicted octanol–water partition coefficient (Wildman–Crippen LogP) is -1.94. The Balaban J connectivity index is 1.98. The van der Waals surface area contributed by atoms with Gasteiger partial charge in [-0.05, 0) is 32.0 Å². The van der Waals surface area contributed by atoms with Gasteiger partial charge in [0.1, 0.15) is 0 Å². The van der Waals surface area contributed by atoms with Crippen molar-refractivity contribution in [2.75, 3.05) is 52.4 Å². The van der Waals surface area contributed by atoms with E-state index in [-0.39, 0.29) is 18.6 Å².